The van der Waals surface area contributed by atoms with Crippen molar-refractivity contribution in [2.24, 2.45) is 7.05 Å². The molecule has 2 N–H and O–H groups in total. The molecule has 0 saturated heterocycles. The van der Waals surface area contributed by atoms with E-state index in [2.05, 4.69) is 10.4 Å². The number of carbonyl (C=O) groups excluding carboxylic acids is 1. The number of aromatic nitrogens is 2. The van der Waals surface area contributed by atoms with Crippen molar-refractivity contribution in [3.63, 3.8) is 0 Å². The Kier molecular flexibility index (Phi) is 3.65. The second-order valence-corrected chi connectivity index (χ2v) is 3.99. The molecular weight excluding hydrogens is 250 g/mol. The lowest BCUT2D eigenvalue weighted by Crippen LogP contribution is -2.24. The minimum atomic E-state index is -1.05. The van der Waals surface area contributed by atoms with Gasteiger partial charge in [-0.1, -0.05) is 0 Å². The van der Waals surface area contributed by atoms with Gasteiger partial charge in [0.15, 0.2) is 0 Å². The minimum Gasteiger partial charge on any atom is -0.481 e. The van der Waals surface area contributed by atoms with Gasteiger partial charge in [-0.05, 0) is 12.1 Å². The van der Waals surface area contributed by atoms with Gasteiger partial charge in [0.2, 0.25) is 0 Å². The molecule has 2 aromatic rings. The molecule has 0 atom stereocenters. The summed E-state index contributed by atoms with van der Waals surface area (Å²) in [5.74, 6) is -1.28. The van der Waals surface area contributed by atoms with Crippen molar-refractivity contribution in [2.45, 2.75) is 13.0 Å². The van der Waals surface area contributed by atoms with E-state index >= 15 is 0 Å². The van der Waals surface area contributed by atoms with Crippen LogP contribution in [0, 0.1) is 0 Å². The van der Waals surface area contributed by atoms with Crippen LogP contribution in [0.2, 0.25) is 0 Å². The molecule has 0 fully saturated rings. The molecule has 0 spiro atoms. The van der Waals surface area contributed by atoms with Gasteiger partial charge in [-0.2, -0.15) is 5.10 Å². The molecule has 0 aliphatic heterocycles. The molecule has 0 radical (unpaired) electrons. The Morgan fingerprint density at radius 3 is 2.89 bits per heavy atom. The summed E-state index contributed by atoms with van der Waals surface area (Å²) >= 11 is 0. The monoisotopic (exact) mass is 263 g/mol. The number of aliphatic carboxylic acids is 1. The molecule has 2 aromatic heterocycles. The molecule has 0 aromatic carbocycles. The van der Waals surface area contributed by atoms with E-state index in [-0.39, 0.29) is 30.2 Å². The number of carboxylic acid groups (broad SMARTS) is 1. The minimum absolute atomic E-state index is 0.144. The standard InChI is InChI=1S/C12H13N3O4/c1-15-4-2-8(14-15)7-13-12(18)9-3-5-19-10(9)6-11(16)17/h2-5H,6-7H2,1H3,(H,13,18)(H,16,17). The lowest BCUT2D eigenvalue weighted by molar-refractivity contribution is -0.136. The van der Waals surface area contributed by atoms with E-state index in [1.807, 2.05) is 0 Å². The zero-order valence-corrected chi connectivity index (χ0v) is 10.3. The summed E-state index contributed by atoms with van der Waals surface area (Å²) < 4.78 is 6.63. The molecule has 0 saturated carbocycles. The number of amides is 1. The molecule has 1 amide bonds. The topological polar surface area (TPSA) is 97.4 Å². The van der Waals surface area contributed by atoms with Gasteiger partial charge in [-0.15, -0.1) is 0 Å². The summed E-state index contributed by atoms with van der Waals surface area (Å²) in [6, 6.07) is 3.24. The predicted molar refractivity (Wildman–Crippen MR) is 64.4 cm³/mol. The van der Waals surface area contributed by atoms with Gasteiger partial charge in [0.1, 0.15) is 12.2 Å². The van der Waals surface area contributed by atoms with Crippen molar-refractivity contribution in [3.8, 4) is 0 Å². The molecule has 0 aliphatic rings. The van der Waals surface area contributed by atoms with Crippen LogP contribution in [0.4, 0.5) is 0 Å². The van der Waals surface area contributed by atoms with E-state index in [1.54, 1.807) is 24.0 Å². The van der Waals surface area contributed by atoms with Crippen LogP contribution in [0.3, 0.4) is 0 Å². The van der Waals surface area contributed by atoms with E-state index in [1.165, 1.54) is 12.3 Å². The van der Waals surface area contributed by atoms with Crippen LogP contribution in [0.25, 0.3) is 0 Å². The molecule has 0 bridgehead atoms. The van der Waals surface area contributed by atoms with Gasteiger partial charge in [0.25, 0.3) is 5.91 Å². The fourth-order valence-electron chi connectivity index (χ4n) is 1.64. The molecule has 2 rings (SSSR count). The van der Waals surface area contributed by atoms with Crippen molar-refractivity contribution >= 4 is 11.9 Å². The first kappa shape index (κ1) is 12.9. The number of hydrogen-bond acceptors (Lipinski definition) is 4. The number of aryl methyl sites for hydroxylation is 1. The second-order valence-electron chi connectivity index (χ2n) is 3.99. The zero-order valence-electron chi connectivity index (χ0n) is 10.3. The molecular formula is C12H13N3O4. The Labute approximate surface area is 108 Å². The van der Waals surface area contributed by atoms with Gasteiger partial charge < -0.3 is 14.8 Å². The second kappa shape index (κ2) is 5.38. The highest BCUT2D eigenvalue weighted by molar-refractivity contribution is 5.95. The number of rotatable bonds is 5. The number of hydrogen-bond donors (Lipinski definition) is 2. The molecule has 7 heteroatoms. The largest absolute Gasteiger partial charge is 0.481 e. The molecule has 100 valence electrons. The number of carboxylic acids is 1. The van der Waals surface area contributed by atoms with E-state index in [0.29, 0.717) is 0 Å². The number of furan rings is 1. The van der Waals surface area contributed by atoms with Crippen LogP contribution in [0.5, 0.6) is 0 Å². The Morgan fingerprint density at radius 1 is 1.47 bits per heavy atom. The van der Waals surface area contributed by atoms with Crippen molar-refractivity contribution in [1.82, 2.24) is 15.1 Å². The lowest BCUT2D eigenvalue weighted by Gasteiger charge is -2.02. The van der Waals surface area contributed by atoms with Crippen molar-refractivity contribution in [3.05, 3.63) is 41.6 Å². The number of nitrogens with zero attached hydrogens (tertiary/aromatic N) is 2. The highest BCUT2D eigenvalue weighted by atomic mass is 16.4. The van der Waals surface area contributed by atoms with Crippen LogP contribution >= 0.6 is 0 Å². The highest BCUT2D eigenvalue weighted by Gasteiger charge is 2.16. The van der Waals surface area contributed by atoms with Crippen LogP contribution in [0.15, 0.2) is 29.0 Å². The zero-order chi connectivity index (χ0) is 13.8. The highest BCUT2D eigenvalue weighted by Crippen LogP contribution is 2.11. The molecule has 7 nitrogen and oxygen atoms in total. The van der Waals surface area contributed by atoms with E-state index < -0.39 is 5.97 Å². The first-order valence-corrected chi connectivity index (χ1v) is 5.61. The first-order valence-electron chi connectivity index (χ1n) is 5.61. The van der Waals surface area contributed by atoms with E-state index in [9.17, 15) is 9.59 Å². The third kappa shape index (κ3) is 3.21. The summed E-state index contributed by atoms with van der Waals surface area (Å²) in [6.45, 7) is 0.275. The maximum atomic E-state index is 11.9. The Balaban J connectivity index is 2.00. The Hall–Kier alpha value is -2.57. The number of carbonyl (C=O) groups is 2. The van der Waals surface area contributed by atoms with E-state index in [4.69, 9.17) is 9.52 Å². The van der Waals surface area contributed by atoms with Crippen molar-refractivity contribution in [2.75, 3.05) is 0 Å². The van der Waals surface area contributed by atoms with Gasteiger partial charge in [-0.25, -0.2) is 0 Å². The predicted octanol–water partition coefficient (Wildman–Crippen LogP) is 0.570. The maximum Gasteiger partial charge on any atom is 0.311 e. The van der Waals surface area contributed by atoms with Crippen LogP contribution < -0.4 is 5.32 Å². The summed E-state index contributed by atoms with van der Waals surface area (Å²) in [7, 11) is 1.78. The van der Waals surface area contributed by atoms with Crippen LogP contribution in [-0.2, 0) is 24.8 Å². The third-order valence-electron chi connectivity index (χ3n) is 2.50. The summed E-state index contributed by atoms with van der Waals surface area (Å²) in [6.07, 6.45) is 2.75. The van der Waals surface area contributed by atoms with Gasteiger partial charge >= 0.3 is 5.97 Å². The smallest absolute Gasteiger partial charge is 0.311 e. The van der Waals surface area contributed by atoms with E-state index in [0.717, 1.165) is 5.69 Å². The average molecular weight is 263 g/mol. The lowest BCUT2D eigenvalue weighted by atomic mass is 10.2. The van der Waals surface area contributed by atoms with Gasteiger partial charge in [0, 0.05) is 13.2 Å². The van der Waals surface area contributed by atoms with Crippen molar-refractivity contribution in [1.29, 1.82) is 0 Å². The third-order valence-corrected chi connectivity index (χ3v) is 2.50. The molecule has 19 heavy (non-hydrogen) atoms. The Morgan fingerprint density at radius 2 is 2.26 bits per heavy atom. The van der Waals surface area contributed by atoms with Crippen molar-refractivity contribution < 1.29 is 19.1 Å². The van der Waals surface area contributed by atoms with Crippen LogP contribution in [0.1, 0.15) is 21.8 Å². The SMILES string of the molecule is Cn1ccc(CNC(=O)c2ccoc2CC(=O)O)n1. The fourth-order valence-corrected chi connectivity index (χ4v) is 1.64. The Bertz CT molecular complexity index is 600. The summed E-state index contributed by atoms with van der Waals surface area (Å²) in [5.41, 5.74) is 0.956. The first-order chi connectivity index (χ1) is 9.06. The summed E-state index contributed by atoms with van der Waals surface area (Å²) in [4.78, 5) is 22.5. The molecule has 0 aliphatic carbocycles. The normalized spacial score (nSPS) is 10.4. The van der Waals surface area contributed by atoms with Gasteiger partial charge in [-0.3, -0.25) is 14.3 Å². The van der Waals surface area contributed by atoms with Gasteiger partial charge in [0.05, 0.1) is 24.1 Å². The average Bonchev–Trinajstić information content (AvgIpc) is 2.94. The quantitative estimate of drug-likeness (QED) is 0.822. The number of nitrogens with one attached hydrogen (secondary N) is 1. The molecule has 2 heterocycles. The fraction of sp³-hybridized carbons (Fsp3) is 0.250. The maximum absolute atomic E-state index is 11.9. The summed E-state index contributed by atoms with van der Waals surface area (Å²) in [5, 5.41) is 15.5. The van der Waals surface area contributed by atoms with Crippen LogP contribution in [-0.4, -0.2) is 26.8 Å². The molecule has 0 unspecified atom stereocenters.